The number of benzene rings is 8. The first-order valence-corrected chi connectivity index (χ1v) is 21.2. The molecule has 0 aromatic heterocycles. The van der Waals surface area contributed by atoms with Crippen molar-refractivity contribution in [2.24, 2.45) is 0 Å². The van der Waals surface area contributed by atoms with Crippen LogP contribution in [0.4, 0.5) is 11.4 Å². The summed E-state index contributed by atoms with van der Waals surface area (Å²) in [6, 6.07) is 73.5. The summed E-state index contributed by atoms with van der Waals surface area (Å²) in [5.41, 5.74) is 15.4. The second-order valence-corrected chi connectivity index (χ2v) is 17.6. The Morgan fingerprint density at radius 2 is 0.983 bits per heavy atom. The molecule has 0 bridgehead atoms. The summed E-state index contributed by atoms with van der Waals surface area (Å²) in [6.07, 6.45) is 4.57. The monoisotopic (exact) mass is 749 g/mol. The molecule has 8 aromatic carbocycles. The minimum atomic E-state index is -0.466. The van der Waals surface area contributed by atoms with Gasteiger partial charge in [-0.15, -0.1) is 0 Å². The lowest BCUT2D eigenvalue weighted by Gasteiger charge is -2.41. The van der Waals surface area contributed by atoms with Gasteiger partial charge < -0.3 is 4.90 Å². The smallest absolute Gasteiger partial charge is 0.0714 e. The molecule has 10 rings (SSSR count). The Balaban J connectivity index is 1.23. The van der Waals surface area contributed by atoms with Crippen LogP contribution in [0.1, 0.15) is 85.8 Å². The van der Waals surface area contributed by atoms with Crippen LogP contribution in [0.25, 0.3) is 33.0 Å². The van der Waals surface area contributed by atoms with Gasteiger partial charge >= 0.3 is 0 Å². The summed E-state index contributed by atoms with van der Waals surface area (Å²) in [4.78, 5) is 2.77. The van der Waals surface area contributed by atoms with E-state index in [1.54, 1.807) is 0 Å². The largest absolute Gasteiger partial charge is 0.338 e. The van der Waals surface area contributed by atoms with E-state index in [4.69, 9.17) is 0 Å². The van der Waals surface area contributed by atoms with E-state index in [0.717, 1.165) is 12.8 Å². The SMILES string of the molecule is CC(C)(C)c1ccccc1-c1cc2ccccc2cc1N(c1ccc2c(c1)C(c1ccccc1)(c1ccccc1)c1ccccc1-2)C1CCC(c2ccccc2)CC1. The average molecular weight is 750 g/mol. The number of hydrogen-bond acceptors (Lipinski definition) is 1. The zero-order valence-corrected chi connectivity index (χ0v) is 33.9. The first-order chi connectivity index (χ1) is 28.4. The molecule has 0 radical (unpaired) electrons. The fourth-order valence-corrected chi connectivity index (χ4v) is 10.5. The average Bonchev–Trinajstić information content (AvgIpc) is 3.57. The lowest BCUT2D eigenvalue weighted by Crippen LogP contribution is -2.35. The molecule has 1 saturated carbocycles. The van der Waals surface area contributed by atoms with Crippen LogP contribution in [0.2, 0.25) is 0 Å². The molecule has 1 heteroatoms. The minimum Gasteiger partial charge on any atom is -0.338 e. The van der Waals surface area contributed by atoms with Crippen molar-refractivity contribution in [2.45, 2.75) is 69.2 Å². The second kappa shape index (κ2) is 14.6. The molecule has 0 atom stereocenters. The zero-order chi connectivity index (χ0) is 39.3. The highest BCUT2D eigenvalue weighted by molar-refractivity contribution is 5.98. The summed E-state index contributed by atoms with van der Waals surface area (Å²) in [5.74, 6) is 0.579. The lowest BCUT2D eigenvalue weighted by atomic mass is 9.67. The molecule has 2 aliphatic carbocycles. The van der Waals surface area contributed by atoms with E-state index in [1.807, 2.05) is 0 Å². The van der Waals surface area contributed by atoms with E-state index in [1.165, 1.54) is 90.6 Å². The zero-order valence-electron chi connectivity index (χ0n) is 33.9. The Bertz CT molecular complexity index is 2670. The molecular formula is C57H51N. The van der Waals surface area contributed by atoms with Crippen molar-refractivity contribution in [1.29, 1.82) is 0 Å². The number of rotatable bonds is 7. The molecule has 0 heterocycles. The highest BCUT2D eigenvalue weighted by atomic mass is 15.2. The standard InChI is InChI=1S/C57H51N/c1-56(2,3)52-29-17-15-28-49(52)51-37-42-21-13-14-22-43(42)38-55(51)58(46-33-31-41(32-34-46)40-19-7-4-8-20-40)47-35-36-50-48-27-16-18-30-53(48)57(54(50)39-47,44-23-9-5-10-24-44)45-25-11-6-12-26-45/h4-30,35-39,41,46H,31-34H2,1-3H3. The number of nitrogens with zero attached hydrogens (tertiary/aromatic N) is 1. The Labute approximate surface area is 344 Å². The van der Waals surface area contributed by atoms with Gasteiger partial charge in [0.05, 0.1) is 5.41 Å². The van der Waals surface area contributed by atoms with Crippen LogP contribution < -0.4 is 4.90 Å². The normalized spacial score (nSPS) is 17.1. The van der Waals surface area contributed by atoms with Crippen molar-refractivity contribution in [3.63, 3.8) is 0 Å². The third kappa shape index (κ3) is 6.07. The minimum absolute atomic E-state index is 0.0254. The van der Waals surface area contributed by atoms with Crippen LogP contribution in [0.3, 0.4) is 0 Å². The van der Waals surface area contributed by atoms with Gasteiger partial charge in [0.15, 0.2) is 0 Å². The van der Waals surface area contributed by atoms with E-state index in [-0.39, 0.29) is 5.41 Å². The van der Waals surface area contributed by atoms with Crippen LogP contribution >= 0.6 is 0 Å². The highest BCUT2D eigenvalue weighted by Gasteiger charge is 2.46. The Hall–Kier alpha value is -6.18. The van der Waals surface area contributed by atoms with E-state index in [9.17, 15) is 0 Å². The molecular weight excluding hydrogens is 699 g/mol. The molecule has 284 valence electrons. The first kappa shape index (κ1) is 36.2. The van der Waals surface area contributed by atoms with Gasteiger partial charge in [0, 0.05) is 23.0 Å². The Kier molecular flexibility index (Phi) is 9.13. The molecule has 0 aliphatic heterocycles. The van der Waals surface area contributed by atoms with Gasteiger partial charge in [-0.2, -0.15) is 0 Å². The molecule has 58 heavy (non-hydrogen) atoms. The maximum Gasteiger partial charge on any atom is 0.0714 e. The molecule has 1 nitrogen and oxygen atoms in total. The van der Waals surface area contributed by atoms with Crippen molar-refractivity contribution in [1.82, 2.24) is 0 Å². The predicted molar refractivity (Wildman–Crippen MR) is 245 cm³/mol. The number of anilines is 2. The van der Waals surface area contributed by atoms with Crippen molar-refractivity contribution >= 4 is 22.1 Å². The molecule has 8 aromatic rings. The second-order valence-electron chi connectivity index (χ2n) is 17.6. The van der Waals surface area contributed by atoms with Crippen LogP contribution in [-0.2, 0) is 10.8 Å². The van der Waals surface area contributed by atoms with Gasteiger partial charge in [-0.1, -0.05) is 191 Å². The van der Waals surface area contributed by atoms with Crippen molar-refractivity contribution in [3.05, 3.63) is 228 Å². The quantitative estimate of drug-likeness (QED) is 0.157. The van der Waals surface area contributed by atoms with Crippen LogP contribution in [0.15, 0.2) is 194 Å². The summed E-state index contributed by atoms with van der Waals surface area (Å²) in [6.45, 7) is 7.04. The molecule has 0 N–H and O–H groups in total. The van der Waals surface area contributed by atoms with Gasteiger partial charge in [0.1, 0.15) is 0 Å². The molecule has 0 spiro atoms. The molecule has 2 aliphatic rings. The van der Waals surface area contributed by atoms with Crippen LogP contribution in [-0.4, -0.2) is 6.04 Å². The fraction of sp³-hybridized carbons (Fsp3) is 0.193. The third-order valence-corrected chi connectivity index (χ3v) is 13.2. The predicted octanol–water partition coefficient (Wildman–Crippen LogP) is 15.0. The summed E-state index contributed by atoms with van der Waals surface area (Å²) < 4.78 is 0. The summed E-state index contributed by atoms with van der Waals surface area (Å²) >= 11 is 0. The Morgan fingerprint density at radius 1 is 0.448 bits per heavy atom. The van der Waals surface area contributed by atoms with Gasteiger partial charge in [0.25, 0.3) is 0 Å². The molecule has 0 unspecified atom stereocenters. The Morgan fingerprint density at radius 3 is 1.64 bits per heavy atom. The maximum atomic E-state index is 2.77. The highest BCUT2D eigenvalue weighted by Crippen LogP contribution is 2.57. The first-order valence-electron chi connectivity index (χ1n) is 21.2. The van der Waals surface area contributed by atoms with Crippen molar-refractivity contribution in [3.8, 4) is 22.3 Å². The maximum absolute atomic E-state index is 2.77. The van der Waals surface area contributed by atoms with Gasteiger partial charge in [-0.3, -0.25) is 0 Å². The number of hydrogen-bond donors (Lipinski definition) is 0. The number of fused-ring (bicyclic) bond motifs is 4. The van der Waals surface area contributed by atoms with Crippen LogP contribution in [0.5, 0.6) is 0 Å². The molecule has 0 saturated heterocycles. The summed E-state index contributed by atoms with van der Waals surface area (Å²) in [7, 11) is 0. The van der Waals surface area contributed by atoms with Gasteiger partial charge in [-0.25, -0.2) is 0 Å². The van der Waals surface area contributed by atoms with Gasteiger partial charge in [0.2, 0.25) is 0 Å². The van der Waals surface area contributed by atoms with Crippen molar-refractivity contribution < 1.29 is 0 Å². The van der Waals surface area contributed by atoms with E-state index < -0.39 is 5.41 Å². The van der Waals surface area contributed by atoms with E-state index in [0.29, 0.717) is 12.0 Å². The van der Waals surface area contributed by atoms with E-state index >= 15 is 0 Å². The van der Waals surface area contributed by atoms with Crippen molar-refractivity contribution in [2.75, 3.05) is 4.90 Å². The molecule has 0 amide bonds. The van der Waals surface area contributed by atoms with E-state index in [2.05, 4.69) is 220 Å². The third-order valence-electron chi connectivity index (χ3n) is 13.2. The van der Waals surface area contributed by atoms with Crippen LogP contribution in [0, 0.1) is 0 Å². The summed E-state index contributed by atoms with van der Waals surface area (Å²) in [5, 5.41) is 2.54. The lowest BCUT2D eigenvalue weighted by molar-refractivity contribution is 0.392. The topological polar surface area (TPSA) is 3.24 Å². The molecule has 1 fully saturated rings. The van der Waals surface area contributed by atoms with Gasteiger partial charge in [-0.05, 0) is 122 Å². The fourth-order valence-electron chi connectivity index (χ4n) is 10.5.